The lowest BCUT2D eigenvalue weighted by atomic mass is 10.0. The molecule has 7 heteroatoms. The minimum Gasteiger partial charge on any atom is -0.444 e. The number of amides is 1. The minimum absolute atomic E-state index is 0.0425. The smallest absolute Gasteiger partial charge is 0.407 e. The maximum absolute atomic E-state index is 13.9. The highest BCUT2D eigenvalue weighted by atomic mass is 19.2. The number of carbonyl (C=O) groups is 1. The Morgan fingerprint density at radius 1 is 1.36 bits per heavy atom. The number of hydrogen-bond donors (Lipinski definition) is 2. The lowest BCUT2D eigenvalue weighted by Gasteiger charge is -2.24. The number of benzene rings is 1. The predicted octanol–water partition coefficient (Wildman–Crippen LogP) is 2.56. The zero-order chi connectivity index (χ0) is 17.1. The SMILES string of the molecule is CN(C)c1c(C(N)CNC(=O)OC(C)(C)C)ccc(F)c1F. The standard InChI is InChI=1S/C15H23F2N3O2/c1-15(2,3)22-14(21)19-8-11(18)9-6-7-10(16)12(17)13(9)20(4)5/h6-7,11H,8,18H2,1-5H3,(H,19,21). The summed E-state index contributed by atoms with van der Waals surface area (Å²) in [4.78, 5) is 13.0. The van der Waals surface area contributed by atoms with Crippen LogP contribution in [0.25, 0.3) is 0 Å². The van der Waals surface area contributed by atoms with Crippen LogP contribution in [0.4, 0.5) is 19.3 Å². The molecule has 0 radical (unpaired) electrons. The molecule has 0 bridgehead atoms. The van der Waals surface area contributed by atoms with Gasteiger partial charge in [-0.05, 0) is 32.4 Å². The molecule has 0 saturated heterocycles. The van der Waals surface area contributed by atoms with E-state index < -0.39 is 29.4 Å². The molecule has 0 aliphatic carbocycles. The van der Waals surface area contributed by atoms with Gasteiger partial charge in [-0.25, -0.2) is 13.6 Å². The quantitative estimate of drug-likeness (QED) is 0.896. The average molecular weight is 315 g/mol. The van der Waals surface area contributed by atoms with Crippen LogP contribution in [0.15, 0.2) is 12.1 Å². The van der Waals surface area contributed by atoms with E-state index in [0.717, 1.165) is 6.07 Å². The Hall–Kier alpha value is -1.89. The van der Waals surface area contributed by atoms with Gasteiger partial charge in [-0.2, -0.15) is 0 Å². The maximum Gasteiger partial charge on any atom is 0.407 e. The highest BCUT2D eigenvalue weighted by molar-refractivity contribution is 5.68. The zero-order valence-corrected chi connectivity index (χ0v) is 13.5. The Labute approximate surface area is 129 Å². The van der Waals surface area contributed by atoms with Crippen molar-refractivity contribution in [2.45, 2.75) is 32.4 Å². The molecule has 1 aromatic rings. The summed E-state index contributed by atoms with van der Waals surface area (Å²) >= 11 is 0. The molecule has 5 nitrogen and oxygen atoms in total. The topological polar surface area (TPSA) is 67.6 Å². The van der Waals surface area contributed by atoms with Gasteiger partial charge in [-0.3, -0.25) is 0 Å². The van der Waals surface area contributed by atoms with E-state index in [1.54, 1.807) is 34.9 Å². The Bertz CT molecular complexity index is 542. The first-order valence-corrected chi connectivity index (χ1v) is 6.90. The molecule has 0 aromatic heterocycles. The van der Waals surface area contributed by atoms with Gasteiger partial charge >= 0.3 is 6.09 Å². The summed E-state index contributed by atoms with van der Waals surface area (Å²) in [5.74, 6) is -1.91. The highest BCUT2D eigenvalue weighted by Crippen LogP contribution is 2.28. The fraction of sp³-hybridized carbons (Fsp3) is 0.533. The van der Waals surface area contributed by atoms with E-state index in [4.69, 9.17) is 10.5 Å². The van der Waals surface area contributed by atoms with Crippen LogP contribution in [0.2, 0.25) is 0 Å². The number of nitrogens with one attached hydrogen (secondary N) is 1. The van der Waals surface area contributed by atoms with Gasteiger partial charge in [0.05, 0.1) is 5.69 Å². The van der Waals surface area contributed by atoms with Crippen molar-refractivity contribution in [2.24, 2.45) is 5.73 Å². The maximum atomic E-state index is 13.9. The summed E-state index contributed by atoms with van der Waals surface area (Å²) in [6, 6.07) is 1.74. The number of hydrogen-bond acceptors (Lipinski definition) is 4. The zero-order valence-electron chi connectivity index (χ0n) is 13.5. The van der Waals surface area contributed by atoms with Gasteiger partial charge in [-0.1, -0.05) is 6.07 Å². The third-order valence-electron chi connectivity index (χ3n) is 2.81. The van der Waals surface area contributed by atoms with Crippen LogP contribution >= 0.6 is 0 Å². The van der Waals surface area contributed by atoms with Crippen LogP contribution in [-0.4, -0.2) is 32.3 Å². The molecule has 1 rings (SSSR count). The first kappa shape index (κ1) is 18.2. The van der Waals surface area contributed by atoms with Crippen molar-refractivity contribution < 1.29 is 18.3 Å². The number of nitrogens with zero attached hydrogens (tertiary/aromatic N) is 1. The molecule has 22 heavy (non-hydrogen) atoms. The number of alkyl carbamates (subject to hydrolysis) is 1. The molecule has 3 N–H and O–H groups in total. The molecule has 0 spiro atoms. The largest absolute Gasteiger partial charge is 0.444 e. The summed E-state index contributed by atoms with van der Waals surface area (Å²) in [7, 11) is 3.19. The molecule has 1 aromatic carbocycles. The molecular formula is C15H23F2N3O2. The number of halogens is 2. The third kappa shape index (κ3) is 4.84. The molecule has 0 heterocycles. The number of carbonyl (C=O) groups excluding carboxylic acids is 1. The molecule has 1 unspecified atom stereocenters. The van der Waals surface area contributed by atoms with E-state index in [1.165, 1.54) is 11.0 Å². The van der Waals surface area contributed by atoms with Crippen LogP contribution in [0, 0.1) is 11.6 Å². The third-order valence-corrected chi connectivity index (χ3v) is 2.81. The summed E-state index contributed by atoms with van der Waals surface area (Å²) in [6.07, 6.45) is -0.614. The first-order valence-electron chi connectivity index (χ1n) is 6.90. The van der Waals surface area contributed by atoms with E-state index in [2.05, 4.69) is 5.32 Å². The number of rotatable bonds is 4. The molecule has 0 aliphatic rings. The van der Waals surface area contributed by atoms with Crippen LogP contribution < -0.4 is 16.0 Å². The van der Waals surface area contributed by atoms with Crippen LogP contribution in [0.3, 0.4) is 0 Å². The van der Waals surface area contributed by atoms with Crippen LogP contribution in [-0.2, 0) is 4.74 Å². The van der Waals surface area contributed by atoms with Crippen molar-refractivity contribution in [1.29, 1.82) is 0 Å². The van der Waals surface area contributed by atoms with Crippen LogP contribution in [0.1, 0.15) is 32.4 Å². The monoisotopic (exact) mass is 315 g/mol. The van der Waals surface area contributed by atoms with Gasteiger partial charge in [0.2, 0.25) is 0 Å². The van der Waals surface area contributed by atoms with Crippen molar-refractivity contribution in [3.63, 3.8) is 0 Å². The van der Waals surface area contributed by atoms with Gasteiger partial charge in [0.25, 0.3) is 0 Å². The number of anilines is 1. The summed E-state index contributed by atoms with van der Waals surface area (Å²) in [5.41, 5.74) is 5.83. The number of ether oxygens (including phenoxy) is 1. The molecule has 1 atom stereocenters. The van der Waals surface area contributed by atoms with Gasteiger partial charge < -0.3 is 20.7 Å². The van der Waals surface area contributed by atoms with E-state index in [1.807, 2.05) is 0 Å². The fourth-order valence-electron chi connectivity index (χ4n) is 1.93. The lowest BCUT2D eigenvalue weighted by molar-refractivity contribution is 0.0524. The van der Waals surface area contributed by atoms with E-state index in [-0.39, 0.29) is 12.2 Å². The molecular weight excluding hydrogens is 292 g/mol. The Morgan fingerprint density at radius 2 is 1.95 bits per heavy atom. The molecule has 1 amide bonds. The van der Waals surface area contributed by atoms with E-state index in [0.29, 0.717) is 5.56 Å². The van der Waals surface area contributed by atoms with Gasteiger partial charge in [0, 0.05) is 26.7 Å². The highest BCUT2D eigenvalue weighted by Gasteiger charge is 2.21. The first-order chi connectivity index (χ1) is 10.0. The summed E-state index contributed by atoms with van der Waals surface area (Å²) in [6.45, 7) is 5.27. The van der Waals surface area contributed by atoms with Crippen molar-refractivity contribution in [1.82, 2.24) is 5.32 Å². The summed E-state index contributed by atoms with van der Waals surface area (Å²) in [5, 5.41) is 2.52. The molecule has 0 saturated carbocycles. The Balaban J connectivity index is 2.84. The van der Waals surface area contributed by atoms with Gasteiger partial charge in [0.1, 0.15) is 5.60 Å². The fourth-order valence-corrected chi connectivity index (χ4v) is 1.93. The van der Waals surface area contributed by atoms with Crippen molar-refractivity contribution in [3.8, 4) is 0 Å². The van der Waals surface area contributed by atoms with Crippen molar-refractivity contribution in [2.75, 3.05) is 25.5 Å². The lowest BCUT2D eigenvalue weighted by Crippen LogP contribution is -2.37. The summed E-state index contributed by atoms with van der Waals surface area (Å²) < 4.78 is 32.4. The van der Waals surface area contributed by atoms with E-state index >= 15 is 0 Å². The second-order valence-electron chi connectivity index (χ2n) is 6.18. The Morgan fingerprint density at radius 3 is 2.45 bits per heavy atom. The predicted molar refractivity (Wildman–Crippen MR) is 81.9 cm³/mol. The van der Waals surface area contributed by atoms with Crippen molar-refractivity contribution in [3.05, 3.63) is 29.3 Å². The average Bonchev–Trinajstić information content (AvgIpc) is 2.36. The second kappa shape index (κ2) is 6.91. The van der Waals surface area contributed by atoms with Crippen molar-refractivity contribution >= 4 is 11.8 Å². The second-order valence-corrected chi connectivity index (χ2v) is 6.18. The van der Waals surface area contributed by atoms with E-state index in [9.17, 15) is 13.6 Å². The minimum atomic E-state index is -0.963. The Kier molecular flexibility index (Phi) is 5.71. The molecule has 0 aliphatic heterocycles. The normalized spacial score (nSPS) is 12.7. The molecule has 124 valence electrons. The van der Waals surface area contributed by atoms with Gasteiger partial charge in [-0.15, -0.1) is 0 Å². The van der Waals surface area contributed by atoms with Gasteiger partial charge in [0.15, 0.2) is 11.6 Å². The number of nitrogens with two attached hydrogens (primary N) is 1. The molecule has 0 fully saturated rings. The van der Waals surface area contributed by atoms with Crippen LogP contribution in [0.5, 0.6) is 0 Å².